The van der Waals surface area contributed by atoms with Crippen LogP contribution in [-0.4, -0.2) is 48.3 Å². The lowest BCUT2D eigenvalue weighted by Crippen LogP contribution is -2.64. The van der Waals surface area contributed by atoms with Crippen molar-refractivity contribution in [3.05, 3.63) is 0 Å². The van der Waals surface area contributed by atoms with E-state index >= 15 is 0 Å². The highest BCUT2D eigenvalue weighted by Crippen LogP contribution is 2.53. The number of rotatable bonds is 4. The second-order valence-electron chi connectivity index (χ2n) is 3.87. The molecule has 1 rings (SSSR count). The predicted molar refractivity (Wildman–Crippen MR) is 53.3 cm³/mol. The summed E-state index contributed by atoms with van der Waals surface area (Å²) in [6.07, 6.45) is -0.274. The fourth-order valence-corrected chi connectivity index (χ4v) is 2.25. The van der Waals surface area contributed by atoms with Crippen molar-refractivity contribution in [2.75, 3.05) is 14.2 Å². The van der Waals surface area contributed by atoms with Gasteiger partial charge in [-0.3, -0.25) is 19.2 Å². The van der Waals surface area contributed by atoms with Crippen molar-refractivity contribution in [1.29, 1.82) is 0 Å². The van der Waals surface area contributed by atoms with Crippen LogP contribution < -0.4 is 0 Å². The monoisotopic (exact) mass is 260 g/mol. The van der Waals surface area contributed by atoms with E-state index in [1.807, 2.05) is 0 Å². The van der Waals surface area contributed by atoms with E-state index in [4.69, 9.17) is 10.2 Å². The minimum atomic E-state index is -2.41. The Hall–Kier alpha value is -2.12. The maximum atomic E-state index is 11.6. The van der Waals surface area contributed by atoms with E-state index in [0.717, 1.165) is 14.2 Å². The molecule has 100 valence electrons. The van der Waals surface area contributed by atoms with Crippen molar-refractivity contribution in [2.45, 2.75) is 6.42 Å². The summed E-state index contributed by atoms with van der Waals surface area (Å²) < 4.78 is 8.71. The Morgan fingerprint density at radius 3 is 1.94 bits per heavy atom. The minimum absolute atomic E-state index is 0.274. The Labute approximate surface area is 101 Å². The second-order valence-corrected chi connectivity index (χ2v) is 3.87. The summed E-state index contributed by atoms with van der Waals surface area (Å²) >= 11 is 0. The van der Waals surface area contributed by atoms with Gasteiger partial charge >= 0.3 is 23.9 Å². The van der Waals surface area contributed by atoms with Crippen LogP contribution in [0.4, 0.5) is 0 Å². The van der Waals surface area contributed by atoms with Gasteiger partial charge in [0.1, 0.15) is 0 Å². The van der Waals surface area contributed by atoms with Gasteiger partial charge in [-0.25, -0.2) is 0 Å². The Morgan fingerprint density at radius 1 is 1.06 bits per heavy atom. The highest BCUT2D eigenvalue weighted by atomic mass is 16.5. The predicted octanol–water partition coefficient (Wildman–Crippen LogP) is -0.876. The molecular formula is C10H12O8. The standard InChI is InChI=1S/C10H12O8/c1-17-7(13)5-3-4(6(11)12)10(5,8(14)15)9(16)18-2/h4-5H,3H2,1-2H3,(H,11,12)(H,14,15). The molecule has 0 aromatic rings. The van der Waals surface area contributed by atoms with Crippen molar-refractivity contribution in [3.8, 4) is 0 Å². The average molecular weight is 260 g/mol. The van der Waals surface area contributed by atoms with Crippen molar-refractivity contribution in [1.82, 2.24) is 0 Å². The smallest absolute Gasteiger partial charge is 0.325 e. The molecule has 8 nitrogen and oxygen atoms in total. The first-order chi connectivity index (χ1) is 8.33. The third-order valence-electron chi connectivity index (χ3n) is 3.23. The first kappa shape index (κ1) is 13.9. The lowest BCUT2D eigenvalue weighted by atomic mass is 9.52. The highest BCUT2D eigenvalue weighted by molar-refractivity contribution is 6.08. The topological polar surface area (TPSA) is 127 Å². The van der Waals surface area contributed by atoms with E-state index < -0.39 is 41.1 Å². The van der Waals surface area contributed by atoms with Crippen LogP contribution >= 0.6 is 0 Å². The highest BCUT2D eigenvalue weighted by Gasteiger charge is 2.72. The second kappa shape index (κ2) is 4.63. The van der Waals surface area contributed by atoms with E-state index in [1.54, 1.807) is 0 Å². The number of carboxylic acid groups (broad SMARTS) is 2. The molecule has 1 saturated carbocycles. The van der Waals surface area contributed by atoms with E-state index in [1.165, 1.54) is 0 Å². The summed E-state index contributed by atoms with van der Waals surface area (Å²) in [4.78, 5) is 45.3. The molecule has 1 aliphatic carbocycles. The molecule has 0 aromatic heterocycles. The minimum Gasteiger partial charge on any atom is -0.481 e. The molecule has 0 aromatic carbocycles. The van der Waals surface area contributed by atoms with Gasteiger partial charge in [-0.1, -0.05) is 0 Å². The normalized spacial score (nSPS) is 29.9. The van der Waals surface area contributed by atoms with Gasteiger partial charge in [0, 0.05) is 0 Å². The molecular weight excluding hydrogens is 248 g/mol. The van der Waals surface area contributed by atoms with Gasteiger partial charge in [0.25, 0.3) is 0 Å². The van der Waals surface area contributed by atoms with Crippen LogP contribution in [0.1, 0.15) is 6.42 Å². The van der Waals surface area contributed by atoms with Crippen molar-refractivity contribution in [3.63, 3.8) is 0 Å². The zero-order valence-electron chi connectivity index (χ0n) is 9.71. The van der Waals surface area contributed by atoms with Gasteiger partial charge in [-0.2, -0.15) is 0 Å². The number of ether oxygens (including phenoxy) is 2. The number of carbonyl (C=O) groups excluding carboxylic acids is 2. The van der Waals surface area contributed by atoms with Crippen LogP contribution in [0, 0.1) is 17.3 Å². The number of esters is 2. The molecule has 3 unspecified atom stereocenters. The summed E-state index contributed by atoms with van der Waals surface area (Å²) in [6.45, 7) is 0. The molecule has 8 heteroatoms. The summed E-state index contributed by atoms with van der Waals surface area (Å²) in [5, 5.41) is 18.1. The van der Waals surface area contributed by atoms with Crippen LogP contribution in [0.15, 0.2) is 0 Å². The molecule has 1 aliphatic rings. The first-order valence-electron chi connectivity index (χ1n) is 4.96. The van der Waals surface area contributed by atoms with E-state index in [0.29, 0.717) is 0 Å². The summed E-state index contributed by atoms with van der Waals surface area (Å²) in [6, 6.07) is 0. The zero-order chi connectivity index (χ0) is 14.1. The van der Waals surface area contributed by atoms with Gasteiger partial charge in [0.15, 0.2) is 5.41 Å². The molecule has 3 atom stereocenters. The van der Waals surface area contributed by atoms with Crippen LogP contribution in [0.2, 0.25) is 0 Å². The number of carbonyl (C=O) groups is 4. The quantitative estimate of drug-likeness (QED) is 0.493. The number of hydrogen-bond acceptors (Lipinski definition) is 6. The molecule has 0 spiro atoms. The maximum absolute atomic E-state index is 11.6. The Kier molecular flexibility index (Phi) is 3.59. The molecule has 18 heavy (non-hydrogen) atoms. The molecule has 0 radical (unpaired) electrons. The van der Waals surface area contributed by atoms with Crippen molar-refractivity contribution < 1.29 is 38.9 Å². The van der Waals surface area contributed by atoms with Crippen molar-refractivity contribution in [2.24, 2.45) is 17.3 Å². The Bertz CT molecular complexity index is 414. The van der Waals surface area contributed by atoms with Crippen LogP contribution in [0.25, 0.3) is 0 Å². The van der Waals surface area contributed by atoms with Gasteiger partial charge in [-0.15, -0.1) is 0 Å². The molecule has 0 bridgehead atoms. The Morgan fingerprint density at radius 2 is 1.61 bits per heavy atom. The zero-order valence-corrected chi connectivity index (χ0v) is 9.71. The maximum Gasteiger partial charge on any atom is 0.325 e. The lowest BCUT2D eigenvalue weighted by Gasteiger charge is -2.46. The lowest BCUT2D eigenvalue weighted by molar-refractivity contribution is -0.205. The molecule has 2 N–H and O–H groups in total. The number of aliphatic carboxylic acids is 2. The first-order valence-corrected chi connectivity index (χ1v) is 4.96. The van der Waals surface area contributed by atoms with Gasteiger partial charge in [0.05, 0.1) is 26.1 Å². The summed E-state index contributed by atoms with van der Waals surface area (Å²) in [5.41, 5.74) is -2.41. The molecule has 1 fully saturated rings. The van der Waals surface area contributed by atoms with Crippen LogP contribution in [0.3, 0.4) is 0 Å². The summed E-state index contributed by atoms with van der Waals surface area (Å²) in [5.74, 6) is -8.24. The number of hydrogen-bond donors (Lipinski definition) is 2. The fraction of sp³-hybridized carbons (Fsp3) is 0.600. The largest absolute Gasteiger partial charge is 0.481 e. The molecule has 0 amide bonds. The van der Waals surface area contributed by atoms with E-state index in [2.05, 4.69) is 9.47 Å². The van der Waals surface area contributed by atoms with Gasteiger partial charge in [-0.05, 0) is 6.42 Å². The van der Waals surface area contributed by atoms with Gasteiger partial charge in [0.2, 0.25) is 0 Å². The fourth-order valence-electron chi connectivity index (χ4n) is 2.25. The number of methoxy groups -OCH3 is 2. The van der Waals surface area contributed by atoms with Crippen LogP contribution in [0.5, 0.6) is 0 Å². The molecule has 0 aliphatic heterocycles. The third kappa shape index (κ3) is 1.60. The van der Waals surface area contributed by atoms with Crippen LogP contribution in [-0.2, 0) is 28.7 Å². The average Bonchev–Trinajstić information content (AvgIpc) is 2.26. The Balaban J connectivity index is 3.28. The summed E-state index contributed by atoms with van der Waals surface area (Å²) in [7, 11) is 1.96. The van der Waals surface area contributed by atoms with Gasteiger partial charge < -0.3 is 19.7 Å². The number of carboxylic acids is 2. The van der Waals surface area contributed by atoms with Crippen molar-refractivity contribution >= 4 is 23.9 Å². The molecule has 0 heterocycles. The van der Waals surface area contributed by atoms with E-state index in [9.17, 15) is 19.2 Å². The van der Waals surface area contributed by atoms with E-state index in [-0.39, 0.29) is 6.42 Å². The third-order valence-corrected chi connectivity index (χ3v) is 3.23. The molecule has 0 saturated heterocycles. The SMILES string of the molecule is COC(=O)C1CC(C(=O)O)C1(C(=O)O)C(=O)OC.